The van der Waals surface area contributed by atoms with Crippen LogP contribution in [0.15, 0.2) is 75.9 Å². The zero-order chi connectivity index (χ0) is 28.4. The lowest BCUT2D eigenvalue weighted by molar-refractivity contribution is -0.138. The summed E-state index contributed by atoms with van der Waals surface area (Å²) < 4.78 is 5.23. The second-order valence-electron chi connectivity index (χ2n) is 9.69. The number of hydrogen-bond acceptors (Lipinski definition) is 7. The number of amidine groups is 1. The molecule has 3 heterocycles. The van der Waals surface area contributed by atoms with Crippen molar-refractivity contribution in [1.82, 2.24) is 14.7 Å². The number of carbonyl (C=O) groups is 3. The van der Waals surface area contributed by atoms with Crippen LogP contribution in [0.25, 0.3) is 0 Å². The minimum atomic E-state index is -0.534. The average molecular weight is 580 g/mol. The first-order valence-corrected chi connectivity index (χ1v) is 14.2. The Kier molecular flexibility index (Phi) is 8.18. The van der Waals surface area contributed by atoms with Crippen molar-refractivity contribution in [3.8, 4) is 5.75 Å². The number of methoxy groups -OCH3 is 1. The Hall–Kier alpha value is -3.76. The number of benzene rings is 2. The monoisotopic (exact) mass is 579 g/mol. The van der Waals surface area contributed by atoms with Gasteiger partial charge in [0, 0.05) is 49.5 Å². The third-order valence-corrected chi connectivity index (χ3v) is 8.29. The lowest BCUT2D eigenvalue weighted by Gasteiger charge is -2.38. The predicted molar refractivity (Wildman–Crippen MR) is 157 cm³/mol. The van der Waals surface area contributed by atoms with Crippen LogP contribution in [0.1, 0.15) is 31.9 Å². The Morgan fingerprint density at radius 1 is 1.07 bits per heavy atom. The Morgan fingerprint density at radius 3 is 2.42 bits per heavy atom. The molecule has 40 heavy (non-hydrogen) atoms. The van der Waals surface area contributed by atoms with Gasteiger partial charge in [0.25, 0.3) is 5.91 Å². The third-order valence-electron chi connectivity index (χ3n) is 7.17. The first kappa shape index (κ1) is 27.8. The maximum atomic E-state index is 13.8. The van der Waals surface area contributed by atoms with Gasteiger partial charge in [0.2, 0.25) is 11.8 Å². The van der Waals surface area contributed by atoms with E-state index in [1.807, 2.05) is 35.4 Å². The number of allylic oxidation sites excluding steroid dienone is 1. The quantitative estimate of drug-likeness (QED) is 0.536. The van der Waals surface area contributed by atoms with E-state index in [-0.39, 0.29) is 24.1 Å². The minimum Gasteiger partial charge on any atom is -0.497 e. The normalized spacial score (nSPS) is 18.7. The highest BCUT2D eigenvalue weighted by atomic mass is 35.5. The van der Waals surface area contributed by atoms with Gasteiger partial charge in [-0.15, -0.1) is 0 Å². The molecule has 9 nitrogen and oxygen atoms in total. The molecule has 0 bridgehead atoms. The summed E-state index contributed by atoms with van der Waals surface area (Å²) in [7, 11) is 1.59. The first-order valence-electron chi connectivity index (χ1n) is 12.9. The molecule has 208 valence electrons. The number of nitrogens with zero attached hydrogens (tertiary/aromatic N) is 4. The summed E-state index contributed by atoms with van der Waals surface area (Å²) in [6.07, 6.45) is 0.148. The van der Waals surface area contributed by atoms with E-state index in [1.54, 1.807) is 54.2 Å². The molecular weight excluding hydrogens is 550 g/mol. The number of anilines is 1. The van der Waals surface area contributed by atoms with Crippen LogP contribution in [-0.4, -0.2) is 70.9 Å². The lowest BCUT2D eigenvalue weighted by atomic mass is 9.93. The molecule has 0 radical (unpaired) electrons. The largest absolute Gasteiger partial charge is 0.497 e. The summed E-state index contributed by atoms with van der Waals surface area (Å²) in [5, 5.41) is 6.17. The molecule has 0 aromatic heterocycles. The maximum absolute atomic E-state index is 13.8. The molecule has 2 aromatic rings. The van der Waals surface area contributed by atoms with Crippen molar-refractivity contribution in [2.24, 2.45) is 4.99 Å². The number of piperazine rings is 1. The zero-order valence-electron chi connectivity index (χ0n) is 22.5. The molecule has 0 spiro atoms. The molecule has 3 aliphatic heterocycles. The molecule has 0 aliphatic carbocycles. The van der Waals surface area contributed by atoms with E-state index >= 15 is 0 Å². The van der Waals surface area contributed by atoms with E-state index in [4.69, 9.17) is 21.3 Å². The Balaban J connectivity index is 1.43. The summed E-state index contributed by atoms with van der Waals surface area (Å²) in [4.78, 5) is 49.1. The summed E-state index contributed by atoms with van der Waals surface area (Å²) in [5.41, 5.74) is 3.26. The summed E-state index contributed by atoms with van der Waals surface area (Å²) in [6.45, 7) is 5.40. The van der Waals surface area contributed by atoms with Crippen LogP contribution in [-0.2, 0) is 14.4 Å². The van der Waals surface area contributed by atoms with Crippen LogP contribution in [0.4, 0.5) is 5.69 Å². The number of hydrogen-bond donors (Lipinski definition) is 1. The number of fused-ring (bicyclic) bond motifs is 1. The number of halogens is 1. The van der Waals surface area contributed by atoms with Gasteiger partial charge < -0.3 is 24.8 Å². The van der Waals surface area contributed by atoms with Gasteiger partial charge in [0.05, 0.1) is 30.8 Å². The van der Waals surface area contributed by atoms with Crippen molar-refractivity contribution in [3.05, 3.63) is 81.5 Å². The van der Waals surface area contributed by atoms with Gasteiger partial charge in [-0.25, -0.2) is 4.99 Å². The molecule has 1 saturated heterocycles. The maximum Gasteiger partial charge on any atom is 0.255 e. The molecule has 11 heteroatoms. The number of carbonyl (C=O) groups excluding carboxylic acids is 3. The highest BCUT2D eigenvalue weighted by molar-refractivity contribution is 8.16. The van der Waals surface area contributed by atoms with Crippen LogP contribution in [0.2, 0.25) is 5.02 Å². The van der Waals surface area contributed by atoms with Crippen molar-refractivity contribution >= 4 is 51.9 Å². The first-order chi connectivity index (χ1) is 19.2. The molecule has 1 N–H and O–H groups in total. The zero-order valence-corrected chi connectivity index (χ0v) is 24.1. The Labute approximate surface area is 242 Å². The fourth-order valence-electron chi connectivity index (χ4n) is 5.06. The van der Waals surface area contributed by atoms with Crippen molar-refractivity contribution in [2.45, 2.75) is 26.3 Å². The minimum absolute atomic E-state index is 0.0168. The second kappa shape index (κ2) is 11.8. The number of rotatable bonds is 6. The third kappa shape index (κ3) is 5.73. The van der Waals surface area contributed by atoms with Crippen LogP contribution in [0.5, 0.6) is 5.75 Å². The highest BCUT2D eigenvalue weighted by Gasteiger charge is 2.41. The van der Waals surface area contributed by atoms with Crippen molar-refractivity contribution < 1.29 is 19.1 Å². The highest BCUT2D eigenvalue weighted by Crippen LogP contribution is 2.45. The van der Waals surface area contributed by atoms with Gasteiger partial charge in [-0.2, -0.15) is 0 Å². The van der Waals surface area contributed by atoms with Gasteiger partial charge >= 0.3 is 0 Å². The molecule has 1 fully saturated rings. The number of aliphatic imine (C=N–C) groups is 1. The summed E-state index contributed by atoms with van der Waals surface area (Å²) >= 11 is 7.83. The predicted octanol–water partition coefficient (Wildman–Crippen LogP) is 4.64. The molecule has 3 amide bonds. The molecular formula is C29H30ClN5O4S. The van der Waals surface area contributed by atoms with E-state index in [0.29, 0.717) is 59.1 Å². The van der Waals surface area contributed by atoms with Crippen molar-refractivity contribution in [2.75, 3.05) is 38.6 Å². The number of ether oxygens (including phenoxy) is 1. The smallest absolute Gasteiger partial charge is 0.255 e. The fourth-order valence-corrected chi connectivity index (χ4v) is 6.23. The molecule has 1 atom stereocenters. The van der Waals surface area contributed by atoms with E-state index in [2.05, 4.69) is 5.32 Å². The van der Waals surface area contributed by atoms with Crippen molar-refractivity contribution in [3.63, 3.8) is 0 Å². The van der Waals surface area contributed by atoms with Crippen molar-refractivity contribution in [1.29, 1.82) is 0 Å². The summed E-state index contributed by atoms with van der Waals surface area (Å²) in [5.74, 6) is 0.381. The fraction of sp³-hybridized carbons (Fsp3) is 0.310. The Bertz CT molecular complexity index is 1430. The van der Waals surface area contributed by atoms with Gasteiger partial charge in [-0.05, 0) is 54.3 Å². The summed E-state index contributed by atoms with van der Waals surface area (Å²) in [6, 6.07) is 14.0. The van der Waals surface area contributed by atoms with E-state index in [1.165, 1.54) is 11.8 Å². The van der Waals surface area contributed by atoms with Gasteiger partial charge in [0.15, 0.2) is 5.17 Å². The van der Waals surface area contributed by atoms with Gasteiger partial charge in [-0.3, -0.25) is 14.4 Å². The van der Waals surface area contributed by atoms with Crippen LogP contribution in [0.3, 0.4) is 0 Å². The van der Waals surface area contributed by atoms with Crippen LogP contribution >= 0.6 is 23.4 Å². The SMILES string of the molecule is COc1ccc(NC(=O)C2=C(C)N=C3SC=C(CC(=O)N4CCN(C(C)=O)CC4)N3[C@@H]2c2cccc(Cl)c2)cc1. The van der Waals surface area contributed by atoms with Gasteiger partial charge in [0.1, 0.15) is 5.75 Å². The Morgan fingerprint density at radius 2 is 1.77 bits per heavy atom. The average Bonchev–Trinajstić information content (AvgIpc) is 3.34. The van der Waals surface area contributed by atoms with E-state index in [0.717, 1.165) is 11.3 Å². The van der Waals surface area contributed by atoms with E-state index < -0.39 is 6.04 Å². The number of thioether (sulfide) groups is 1. The molecule has 0 saturated carbocycles. The number of nitrogens with one attached hydrogen (secondary N) is 1. The lowest BCUT2D eigenvalue weighted by Crippen LogP contribution is -2.50. The molecule has 0 unspecified atom stereocenters. The van der Waals surface area contributed by atoms with E-state index in [9.17, 15) is 14.4 Å². The molecule has 2 aromatic carbocycles. The topological polar surface area (TPSA) is 94.5 Å². The van der Waals surface area contributed by atoms with Crippen LogP contribution in [0, 0.1) is 0 Å². The number of amides is 3. The van der Waals surface area contributed by atoms with Crippen LogP contribution < -0.4 is 10.1 Å². The standard InChI is InChI=1S/C29H30ClN5O4S/c1-18-26(28(38)32-22-7-9-24(39-3)10-8-22)27(20-5-4-6-21(30)15-20)35-23(17-40-29(35)31-18)16-25(37)34-13-11-33(12-14-34)19(2)36/h4-10,15,17,27H,11-14,16H2,1-3H3,(H,32,38)/t27-/m1/s1. The molecule has 5 rings (SSSR count). The molecule has 3 aliphatic rings. The second-order valence-corrected chi connectivity index (χ2v) is 11.0. The van der Waals surface area contributed by atoms with Gasteiger partial charge in [-0.1, -0.05) is 35.5 Å².